The van der Waals surface area contributed by atoms with E-state index in [9.17, 15) is 9.90 Å². The van der Waals surface area contributed by atoms with Gasteiger partial charge >= 0.3 is 0 Å². The van der Waals surface area contributed by atoms with E-state index < -0.39 is 11.7 Å². The average Bonchev–Trinajstić information content (AvgIpc) is 3.29. The maximum Gasteiger partial charge on any atom is 0.250 e. The third-order valence-corrected chi connectivity index (χ3v) is 7.02. The molecule has 2 fully saturated rings. The Morgan fingerprint density at radius 1 is 1.19 bits per heavy atom. The van der Waals surface area contributed by atoms with Crippen molar-refractivity contribution in [2.24, 2.45) is 13.0 Å². The summed E-state index contributed by atoms with van der Waals surface area (Å²) in [4.78, 5) is 13.8. The number of hydrogen-bond donors (Lipinski definition) is 2. The molecule has 2 N–H and O–H groups in total. The fourth-order valence-corrected chi connectivity index (χ4v) is 5.10. The zero-order valence-corrected chi connectivity index (χ0v) is 18.3. The molecule has 1 saturated heterocycles. The number of piperidine rings is 1. The minimum atomic E-state index is -0.973. The summed E-state index contributed by atoms with van der Waals surface area (Å²) < 4.78 is 16.5. The molecule has 7 nitrogen and oxygen atoms in total. The van der Waals surface area contributed by atoms with Crippen molar-refractivity contribution in [1.29, 1.82) is 0 Å². The molecular formula is C24H26FN5O2. The summed E-state index contributed by atoms with van der Waals surface area (Å²) in [6, 6.07) is 11.9. The molecule has 0 unspecified atom stereocenters. The van der Waals surface area contributed by atoms with Crippen LogP contribution in [-0.4, -0.2) is 51.2 Å². The van der Waals surface area contributed by atoms with Crippen LogP contribution in [0.1, 0.15) is 13.3 Å². The lowest BCUT2D eigenvalue weighted by molar-refractivity contribution is 0.163. The SMILES string of the molecule is CN(c1ccc(-c2ccc(-c3ccn(C)c(=O)c3)cc2O)nn1)[C@@H]1[C@H]2CN[C@](C)(C2)[C@H]1F. The van der Waals surface area contributed by atoms with Gasteiger partial charge in [-0.05, 0) is 60.7 Å². The Kier molecular flexibility index (Phi) is 4.78. The van der Waals surface area contributed by atoms with E-state index in [0.29, 0.717) is 17.1 Å². The van der Waals surface area contributed by atoms with Crippen LogP contribution in [0.5, 0.6) is 5.75 Å². The molecular weight excluding hydrogens is 409 g/mol. The van der Waals surface area contributed by atoms with E-state index in [1.165, 1.54) is 10.6 Å². The van der Waals surface area contributed by atoms with Gasteiger partial charge in [0.25, 0.3) is 5.56 Å². The van der Waals surface area contributed by atoms with Crippen LogP contribution in [0.3, 0.4) is 0 Å². The Labute approximate surface area is 185 Å². The van der Waals surface area contributed by atoms with E-state index in [2.05, 4.69) is 15.5 Å². The van der Waals surface area contributed by atoms with Crippen molar-refractivity contribution in [2.45, 2.75) is 31.1 Å². The number of hydrogen-bond acceptors (Lipinski definition) is 6. The van der Waals surface area contributed by atoms with E-state index in [-0.39, 0.29) is 23.3 Å². The number of alkyl halides is 1. The van der Waals surface area contributed by atoms with Gasteiger partial charge in [0.1, 0.15) is 11.9 Å². The van der Waals surface area contributed by atoms with Crippen LogP contribution in [0, 0.1) is 5.92 Å². The van der Waals surface area contributed by atoms with Crippen LogP contribution in [0.15, 0.2) is 53.5 Å². The van der Waals surface area contributed by atoms with Crippen molar-refractivity contribution in [3.8, 4) is 28.1 Å². The number of nitrogens with one attached hydrogen (secondary N) is 1. The lowest BCUT2D eigenvalue weighted by Gasteiger charge is -2.37. The number of aromatic hydroxyl groups is 1. The monoisotopic (exact) mass is 435 g/mol. The molecule has 0 spiro atoms. The van der Waals surface area contributed by atoms with Crippen LogP contribution in [0.25, 0.3) is 22.4 Å². The third-order valence-electron chi connectivity index (χ3n) is 7.02. The normalized spacial score (nSPS) is 26.4. The zero-order valence-electron chi connectivity index (χ0n) is 18.3. The van der Waals surface area contributed by atoms with Crippen molar-refractivity contribution in [3.05, 3.63) is 59.0 Å². The van der Waals surface area contributed by atoms with Crippen molar-refractivity contribution >= 4 is 5.82 Å². The Balaban J connectivity index is 1.38. The predicted octanol–water partition coefficient (Wildman–Crippen LogP) is 2.74. The second-order valence-corrected chi connectivity index (χ2v) is 9.14. The highest BCUT2D eigenvalue weighted by Gasteiger charge is 2.57. The van der Waals surface area contributed by atoms with Crippen LogP contribution >= 0.6 is 0 Å². The highest BCUT2D eigenvalue weighted by atomic mass is 19.1. The first-order valence-electron chi connectivity index (χ1n) is 10.7. The van der Waals surface area contributed by atoms with E-state index in [1.54, 1.807) is 31.4 Å². The molecule has 8 heteroatoms. The summed E-state index contributed by atoms with van der Waals surface area (Å²) in [6.45, 7) is 2.76. The van der Waals surface area contributed by atoms with Crippen molar-refractivity contribution in [3.63, 3.8) is 0 Å². The summed E-state index contributed by atoms with van der Waals surface area (Å²) in [5, 5.41) is 22.5. The molecule has 166 valence electrons. The van der Waals surface area contributed by atoms with E-state index in [1.807, 2.05) is 37.1 Å². The fourth-order valence-electron chi connectivity index (χ4n) is 5.10. The van der Waals surface area contributed by atoms with Gasteiger partial charge in [-0.15, -0.1) is 10.2 Å². The number of phenols is 1. The number of fused-ring (bicyclic) bond motifs is 2. The van der Waals surface area contributed by atoms with Crippen LogP contribution in [0.2, 0.25) is 0 Å². The molecule has 0 amide bonds. The molecule has 1 aliphatic heterocycles. The number of rotatable bonds is 4. The Bertz CT molecular complexity index is 1230. The summed E-state index contributed by atoms with van der Waals surface area (Å²) in [5.74, 6) is 0.899. The molecule has 5 rings (SSSR count). The Morgan fingerprint density at radius 3 is 2.59 bits per heavy atom. The van der Waals surface area contributed by atoms with E-state index in [0.717, 1.165) is 24.1 Å². The standard InChI is InChI=1S/C24H26FN5O2/c1-24-12-16(13-26-24)22(23(24)25)30(3)20-7-6-18(27-28-20)17-5-4-14(10-19(17)31)15-8-9-29(2)21(32)11-15/h4-11,16,22-23,26,31H,12-13H2,1-3H3/t16-,22-,23+,24-/m1/s1. The molecule has 0 radical (unpaired) electrons. The van der Waals surface area contributed by atoms with Crippen LogP contribution in [-0.2, 0) is 7.05 Å². The summed E-state index contributed by atoms with van der Waals surface area (Å²) in [6.07, 6.45) is 1.54. The maximum absolute atomic E-state index is 15.0. The van der Waals surface area contributed by atoms with Crippen LogP contribution < -0.4 is 15.8 Å². The zero-order chi connectivity index (χ0) is 22.6. The van der Waals surface area contributed by atoms with Gasteiger partial charge in [0.2, 0.25) is 0 Å². The molecule has 2 aromatic heterocycles. The molecule has 3 aromatic rings. The van der Waals surface area contributed by atoms with Gasteiger partial charge in [-0.25, -0.2) is 4.39 Å². The van der Waals surface area contributed by atoms with E-state index in [4.69, 9.17) is 0 Å². The van der Waals surface area contributed by atoms with Gasteiger partial charge in [0.05, 0.1) is 11.7 Å². The summed E-state index contributed by atoms with van der Waals surface area (Å²) in [5.41, 5.74) is 1.95. The van der Waals surface area contributed by atoms with E-state index >= 15 is 4.39 Å². The van der Waals surface area contributed by atoms with Crippen molar-refractivity contribution < 1.29 is 9.50 Å². The second kappa shape index (κ2) is 7.41. The first kappa shape index (κ1) is 20.6. The molecule has 4 atom stereocenters. The predicted molar refractivity (Wildman–Crippen MR) is 121 cm³/mol. The van der Waals surface area contributed by atoms with Gasteiger partial charge < -0.3 is 19.9 Å². The molecule has 32 heavy (non-hydrogen) atoms. The summed E-state index contributed by atoms with van der Waals surface area (Å²) >= 11 is 0. The highest BCUT2D eigenvalue weighted by molar-refractivity contribution is 5.74. The highest BCUT2D eigenvalue weighted by Crippen LogP contribution is 2.44. The second-order valence-electron chi connectivity index (χ2n) is 9.14. The number of aromatic nitrogens is 3. The van der Waals surface area contributed by atoms with Gasteiger partial charge in [-0.1, -0.05) is 6.07 Å². The number of halogens is 1. The number of pyridine rings is 1. The maximum atomic E-state index is 15.0. The fraction of sp³-hybridized carbons (Fsp3) is 0.375. The molecule has 1 aliphatic carbocycles. The lowest BCUT2D eigenvalue weighted by Crippen LogP contribution is -2.56. The minimum absolute atomic E-state index is 0.0505. The minimum Gasteiger partial charge on any atom is -0.507 e. The molecule has 2 bridgehead atoms. The smallest absolute Gasteiger partial charge is 0.250 e. The quantitative estimate of drug-likeness (QED) is 0.656. The number of anilines is 1. The van der Waals surface area contributed by atoms with Gasteiger partial charge in [0.15, 0.2) is 5.82 Å². The lowest BCUT2D eigenvalue weighted by atomic mass is 9.96. The Hall–Kier alpha value is -3.26. The van der Waals surface area contributed by atoms with Gasteiger partial charge in [-0.3, -0.25) is 4.79 Å². The molecule has 3 heterocycles. The van der Waals surface area contributed by atoms with Crippen LogP contribution in [0.4, 0.5) is 10.2 Å². The van der Waals surface area contributed by atoms with Gasteiger partial charge in [-0.2, -0.15) is 0 Å². The average molecular weight is 436 g/mol. The molecule has 1 aromatic carbocycles. The summed E-state index contributed by atoms with van der Waals surface area (Å²) in [7, 11) is 3.55. The topological polar surface area (TPSA) is 83.3 Å². The van der Waals surface area contributed by atoms with Gasteiger partial charge in [0, 0.05) is 44.0 Å². The number of phenolic OH excluding ortho intramolecular Hbond substituents is 1. The number of benzene rings is 1. The first-order valence-corrected chi connectivity index (χ1v) is 10.7. The molecule has 2 aliphatic rings. The first-order chi connectivity index (χ1) is 15.3. The molecule has 1 saturated carbocycles. The largest absolute Gasteiger partial charge is 0.507 e. The number of nitrogens with zero attached hydrogens (tertiary/aromatic N) is 4. The third kappa shape index (κ3) is 3.26. The number of aryl methyl sites for hydroxylation is 1. The Morgan fingerprint density at radius 2 is 1.97 bits per heavy atom. The van der Waals surface area contributed by atoms with Crippen molar-refractivity contribution in [1.82, 2.24) is 20.1 Å². The van der Waals surface area contributed by atoms with Crippen molar-refractivity contribution in [2.75, 3.05) is 18.5 Å².